The lowest BCUT2D eigenvalue weighted by Crippen LogP contribution is -2.44. The first-order chi connectivity index (χ1) is 19.0. The number of para-hydroxylation sites is 1. The Kier molecular flexibility index (Phi) is 9.63. The predicted molar refractivity (Wildman–Crippen MR) is 142 cm³/mol. The number of esters is 1. The molecule has 2 aromatic rings. The average molecular weight is 584 g/mol. The molecule has 4 rings (SSSR count). The molecule has 1 aliphatic carbocycles. The molecule has 0 spiro atoms. The maximum Gasteiger partial charge on any atom is 0.459 e. The number of aliphatic hydroxyl groups excluding tert-OH is 1. The highest BCUT2D eigenvalue weighted by Crippen LogP contribution is 2.47. The fraction of sp³-hybridized carbons (Fsp3) is 0.577. The Morgan fingerprint density at radius 1 is 1.25 bits per heavy atom. The van der Waals surface area contributed by atoms with Crippen LogP contribution in [0.2, 0.25) is 0 Å². The number of carbonyl (C=O) groups excluding carboxylic acids is 1. The second-order valence-electron chi connectivity index (χ2n) is 10.1. The van der Waals surface area contributed by atoms with Crippen LogP contribution in [0.4, 0.5) is 4.39 Å². The Balaban J connectivity index is 1.51. The Morgan fingerprint density at radius 2 is 1.95 bits per heavy atom. The van der Waals surface area contributed by atoms with E-state index >= 15 is 4.39 Å². The molecule has 14 heteroatoms. The van der Waals surface area contributed by atoms with E-state index in [0.717, 1.165) is 55.9 Å². The lowest BCUT2D eigenvalue weighted by molar-refractivity contribution is -0.152. The number of rotatable bonds is 11. The monoisotopic (exact) mass is 583 g/mol. The quantitative estimate of drug-likeness (QED) is 0.265. The molecule has 12 nitrogen and oxygen atoms in total. The van der Waals surface area contributed by atoms with E-state index in [9.17, 15) is 24.1 Å². The largest absolute Gasteiger partial charge is 0.461 e. The van der Waals surface area contributed by atoms with Gasteiger partial charge < -0.3 is 19.1 Å². The number of aliphatic hydroxyl groups is 1. The first-order valence-electron chi connectivity index (χ1n) is 13.3. The minimum Gasteiger partial charge on any atom is -0.461 e. The van der Waals surface area contributed by atoms with Gasteiger partial charge in [0.15, 0.2) is 11.9 Å². The van der Waals surface area contributed by atoms with E-state index in [-0.39, 0.29) is 18.3 Å². The average Bonchev–Trinajstić information content (AvgIpc) is 3.15. The molecule has 3 N–H and O–H groups in total. The fourth-order valence-corrected chi connectivity index (χ4v) is 6.37. The van der Waals surface area contributed by atoms with Crippen molar-refractivity contribution in [1.82, 2.24) is 14.6 Å². The van der Waals surface area contributed by atoms with Crippen molar-refractivity contribution in [1.29, 1.82) is 0 Å². The summed E-state index contributed by atoms with van der Waals surface area (Å²) in [6.45, 7) is 2.12. The van der Waals surface area contributed by atoms with Gasteiger partial charge in [0.2, 0.25) is 0 Å². The molecule has 1 aromatic heterocycles. The number of hydrogen-bond acceptors (Lipinski definition) is 9. The highest BCUT2D eigenvalue weighted by molar-refractivity contribution is 7.52. The van der Waals surface area contributed by atoms with Gasteiger partial charge in [0, 0.05) is 12.3 Å². The number of aromatic nitrogens is 2. The zero-order valence-corrected chi connectivity index (χ0v) is 23.3. The summed E-state index contributed by atoms with van der Waals surface area (Å²) in [5, 5.41) is 13.3. The molecule has 0 radical (unpaired) electrons. The fourth-order valence-electron chi connectivity index (χ4n) is 4.78. The summed E-state index contributed by atoms with van der Waals surface area (Å²) in [4.78, 5) is 38.6. The lowest BCUT2D eigenvalue weighted by Gasteiger charge is -2.28. The van der Waals surface area contributed by atoms with Crippen LogP contribution in [0.3, 0.4) is 0 Å². The van der Waals surface area contributed by atoms with Crippen molar-refractivity contribution >= 4 is 13.7 Å². The van der Waals surface area contributed by atoms with Gasteiger partial charge in [0.05, 0.1) is 6.61 Å². The van der Waals surface area contributed by atoms with Crippen molar-refractivity contribution in [3.8, 4) is 5.75 Å². The predicted octanol–water partition coefficient (Wildman–Crippen LogP) is 2.97. The molecule has 2 aliphatic rings. The van der Waals surface area contributed by atoms with Gasteiger partial charge in [-0.3, -0.25) is 23.7 Å². The Hall–Kier alpha value is -2.83. The van der Waals surface area contributed by atoms with E-state index in [1.54, 1.807) is 25.1 Å². The van der Waals surface area contributed by atoms with Gasteiger partial charge in [-0.15, -0.1) is 0 Å². The van der Waals surface area contributed by atoms with Crippen molar-refractivity contribution in [3.63, 3.8) is 0 Å². The number of nitrogens with one attached hydrogen (secondary N) is 2. The minimum atomic E-state index is -4.33. The first kappa shape index (κ1) is 30.1. The maximum atomic E-state index is 15.6. The van der Waals surface area contributed by atoms with Crippen LogP contribution in [0.1, 0.15) is 58.6 Å². The number of carbonyl (C=O) groups is 1. The standard InChI is InChI=1S/C26H35FN3O9P/c1-3-19(23(33)37-17-10-6-4-7-11-17)29-40(35,39-18-12-8-5-9-13-18)36-16-20-22(32)26(2,27)24(38-20)30-15-14-21(31)28-25(30)34/h5,8-9,12-15,17,19-20,22,24,32H,3-4,6-7,10-11,16H2,1-2H3,(H,29,35)(H,28,31,34)/t19-,20+,22+,24+,26+,40?/m0/s1. The third-order valence-corrected chi connectivity index (χ3v) is 8.61. The summed E-state index contributed by atoms with van der Waals surface area (Å²) in [6, 6.07) is 8.09. The number of nitrogens with zero attached hydrogens (tertiary/aromatic N) is 1. The number of aromatic amines is 1. The van der Waals surface area contributed by atoms with Crippen LogP contribution in [-0.4, -0.2) is 57.3 Å². The van der Waals surface area contributed by atoms with Gasteiger partial charge in [0.25, 0.3) is 5.56 Å². The second-order valence-corrected chi connectivity index (χ2v) is 11.8. The topological polar surface area (TPSA) is 158 Å². The minimum absolute atomic E-state index is 0.176. The van der Waals surface area contributed by atoms with E-state index in [2.05, 4.69) is 5.09 Å². The summed E-state index contributed by atoms with van der Waals surface area (Å²) >= 11 is 0. The molecule has 1 saturated heterocycles. The van der Waals surface area contributed by atoms with Crippen LogP contribution >= 0.6 is 7.75 Å². The van der Waals surface area contributed by atoms with Crippen molar-refractivity contribution in [2.24, 2.45) is 0 Å². The van der Waals surface area contributed by atoms with Crippen LogP contribution in [0.25, 0.3) is 0 Å². The zero-order valence-electron chi connectivity index (χ0n) is 22.4. The van der Waals surface area contributed by atoms with Crippen molar-refractivity contribution in [2.45, 2.75) is 88.6 Å². The van der Waals surface area contributed by atoms with E-state index < -0.39 is 61.7 Å². The molecule has 220 valence electrons. The molecule has 0 amide bonds. The van der Waals surface area contributed by atoms with Crippen LogP contribution in [0.5, 0.6) is 5.75 Å². The smallest absolute Gasteiger partial charge is 0.459 e. The summed E-state index contributed by atoms with van der Waals surface area (Å²) in [5.74, 6) is -0.421. The van der Waals surface area contributed by atoms with E-state index in [1.807, 2.05) is 4.98 Å². The Morgan fingerprint density at radius 3 is 2.60 bits per heavy atom. The summed E-state index contributed by atoms with van der Waals surface area (Å²) in [5.41, 5.74) is -4.10. The molecular formula is C26H35FN3O9P. The second kappa shape index (κ2) is 12.8. The maximum absolute atomic E-state index is 15.6. The number of alkyl halides is 1. The number of halogens is 1. The van der Waals surface area contributed by atoms with Crippen molar-refractivity contribution in [3.05, 3.63) is 63.4 Å². The highest BCUT2D eigenvalue weighted by atomic mass is 31.2. The molecule has 2 fully saturated rings. The highest BCUT2D eigenvalue weighted by Gasteiger charge is 2.56. The van der Waals surface area contributed by atoms with Crippen molar-refractivity contribution in [2.75, 3.05) is 6.61 Å². The van der Waals surface area contributed by atoms with E-state index in [0.29, 0.717) is 0 Å². The van der Waals surface area contributed by atoms with Crippen LogP contribution in [0, 0.1) is 0 Å². The molecule has 1 saturated carbocycles. The summed E-state index contributed by atoms with van der Waals surface area (Å²) in [6.07, 6.45) is 0.763. The van der Waals surface area contributed by atoms with Gasteiger partial charge in [0.1, 0.15) is 30.1 Å². The molecule has 0 bridgehead atoms. The Labute approximate surface area is 230 Å². The molecule has 6 atom stereocenters. The molecule has 2 heterocycles. The normalized spacial score (nSPS) is 27.6. The van der Waals surface area contributed by atoms with E-state index in [4.69, 9.17) is 18.5 Å². The Bertz CT molecular complexity index is 1310. The first-order valence-corrected chi connectivity index (χ1v) is 14.9. The molecule has 40 heavy (non-hydrogen) atoms. The van der Waals surface area contributed by atoms with Crippen LogP contribution in [0.15, 0.2) is 52.2 Å². The lowest BCUT2D eigenvalue weighted by atomic mass is 9.98. The third-order valence-electron chi connectivity index (χ3n) is 7.04. The molecule has 1 unspecified atom stereocenters. The molecule has 1 aromatic carbocycles. The van der Waals surface area contributed by atoms with Gasteiger partial charge >= 0.3 is 19.4 Å². The van der Waals surface area contributed by atoms with Crippen molar-refractivity contribution < 1.29 is 37.4 Å². The SMILES string of the molecule is CC[C@H](NP(=O)(OC[C@H]1O[C@@H](n2ccc(=O)[nH]c2=O)[C@](C)(F)[C@@H]1O)Oc1ccccc1)C(=O)OC1CCCCC1. The third kappa shape index (κ3) is 7.08. The van der Waals surface area contributed by atoms with Crippen LogP contribution < -0.4 is 20.9 Å². The number of hydrogen-bond donors (Lipinski definition) is 3. The molecular weight excluding hydrogens is 548 g/mol. The summed E-state index contributed by atoms with van der Waals surface area (Å²) in [7, 11) is -4.33. The number of benzene rings is 1. The summed E-state index contributed by atoms with van der Waals surface area (Å²) < 4.78 is 52.8. The number of H-pyrrole nitrogens is 1. The number of ether oxygens (including phenoxy) is 2. The van der Waals surface area contributed by atoms with Gasteiger partial charge in [-0.2, -0.15) is 5.09 Å². The van der Waals surface area contributed by atoms with Gasteiger partial charge in [-0.25, -0.2) is 13.8 Å². The van der Waals surface area contributed by atoms with E-state index in [1.165, 1.54) is 12.1 Å². The van der Waals surface area contributed by atoms with Crippen LogP contribution in [-0.2, 0) is 23.4 Å². The molecule has 1 aliphatic heterocycles. The van der Waals surface area contributed by atoms with Gasteiger partial charge in [-0.1, -0.05) is 31.5 Å². The zero-order chi connectivity index (χ0) is 28.9. The van der Waals surface area contributed by atoms with Gasteiger partial charge in [-0.05, 0) is 51.2 Å².